The highest BCUT2D eigenvalue weighted by Gasteiger charge is 2.28. The highest BCUT2D eigenvalue weighted by atomic mass is 32.2. The summed E-state index contributed by atoms with van der Waals surface area (Å²) in [6.07, 6.45) is 5.81. The number of aromatic nitrogens is 3. The van der Waals surface area contributed by atoms with E-state index in [1.54, 1.807) is 53.6 Å². The van der Waals surface area contributed by atoms with Gasteiger partial charge in [0.15, 0.2) is 5.82 Å². The van der Waals surface area contributed by atoms with Gasteiger partial charge in [0.1, 0.15) is 0 Å². The Bertz CT molecular complexity index is 1100. The number of pyridine rings is 1. The molecule has 1 amide bonds. The van der Waals surface area contributed by atoms with Crippen LogP contribution in [0.1, 0.15) is 22.3 Å². The molecule has 0 bridgehead atoms. The lowest BCUT2D eigenvalue weighted by atomic mass is 10.2. The van der Waals surface area contributed by atoms with Crippen molar-refractivity contribution in [1.29, 1.82) is 0 Å². The number of sulfonamides is 1. The molecule has 1 aromatic carbocycles. The lowest BCUT2D eigenvalue weighted by Gasteiger charge is -2.17. The average Bonchev–Trinajstić information content (AvgIpc) is 3.28. The van der Waals surface area contributed by atoms with Crippen LogP contribution in [0.15, 0.2) is 61.1 Å². The number of carbonyl (C=O) groups is 1. The van der Waals surface area contributed by atoms with Gasteiger partial charge in [-0.15, -0.1) is 0 Å². The molecule has 1 N–H and O–H groups in total. The van der Waals surface area contributed by atoms with E-state index in [4.69, 9.17) is 0 Å². The minimum absolute atomic E-state index is 0.137. The highest BCUT2D eigenvalue weighted by molar-refractivity contribution is 7.93. The lowest BCUT2D eigenvalue weighted by molar-refractivity contribution is 0.102. The number of nitrogens with zero attached hydrogens (tertiary/aromatic N) is 4. The van der Waals surface area contributed by atoms with E-state index in [1.807, 2.05) is 12.1 Å². The van der Waals surface area contributed by atoms with E-state index in [0.29, 0.717) is 36.6 Å². The number of carbonyl (C=O) groups excluding carboxylic acids is 1. The predicted molar refractivity (Wildman–Crippen MR) is 106 cm³/mol. The smallest absolute Gasteiger partial charge is 0.256 e. The van der Waals surface area contributed by atoms with Gasteiger partial charge >= 0.3 is 0 Å². The van der Waals surface area contributed by atoms with Gasteiger partial charge < -0.3 is 5.32 Å². The van der Waals surface area contributed by atoms with Crippen LogP contribution in [-0.2, 0) is 16.6 Å². The predicted octanol–water partition coefficient (Wildman–Crippen LogP) is 2.12. The van der Waals surface area contributed by atoms with E-state index >= 15 is 0 Å². The Labute approximate surface area is 162 Å². The molecule has 0 saturated carbocycles. The van der Waals surface area contributed by atoms with E-state index < -0.39 is 10.0 Å². The largest absolute Gasteiger partial charge is 0.305 e. The van der Waals surface area contributed by atoms with Gasteiger partial charge in [-0.05, 0) is 42.3 Å². The van der Waals surface area contributed by atoms with Crippen molar-refractivity contribution in [3.05, 3.63) is 72.2 Å². The van der Waals surface area contributed by atoms with Crippen molar-refractivity contribution in [2.24, 2.45) is 0 Å². The molecule has 0 unspecified atom stereocenters. The standard InChI is InChI=1S/C19H19N5O3S/c25-19(16-3-1-4-17(13-16)24-10-2-12-28(24,26)27)21-18-7-11-23(22-18)14-15-5-8-20-9-6-15/h1,3-9,11,13H,2,10,12,14H2,(H,21,22,25). The summed E-state index contributed by atoms with van der Waals surface area (Å²) in [5, 5.41) is 7.10. The van der Waals surface area contributed by atoms with Crippen molar-refractivity contribution in [2.45, 2.75) is 13.0 Å². The molecule has 1 saturated heterocycles. The number of hydrogen-bond acceptors (Lipinski definition) is 5. The molecule has 1 aliphatic rings. The molecule has 9 heteroatoms. The van der Waals surface area contributed by atoms with Crippen molar-refractivity contribution >= 4 is 27.4 Å². The Morgan fingerprint density at radius 2 is 1.96 bits per heavy atom. The molecule has 1 fully saturated rings. The summed E-state index contributed by atoms with van der Waals surface area (Å²) in [6, 6.07) is 12.1. The van der Waals surface area contributed by atoms with E-state index in [9.17, 15) is 13.2 Å². The summed E-state index contributed by atoms with van der Waals surface area (Å²) < 4.78 is 27.3. The minimum Gasteiger partial charge on any atom is -0.305 e. The molecular weight excluding hydrogens is 378 g/mol. The molecule has 1 aliphatic heterocycles. The molecule has 8 nitrogen and oxygen atoms in total. The fourth-order valence-corrected chi connectivity index (χ4v) is 4.67. The van der Waals surface area contributed by atoms with Gasteiger partial charge in [0, 0.05) is 36.8 Å². The number of rotatable bonds is 5. The van der Waals surface area contributed by atoms with Gasteiger partial charge in [-0.3, -0.25) is 18.8 Å². The number of benzene rings is 1. The second-order valence-corrected chi connectivity index (χ2v) is 8.51. The summed E-state index contributed by atoms with van der Waals surface area (Å²) in [5.74, 6) is 0.226. The normalized spacial score (nSPS) is 15.5. The van der Waals surface area contributed by atoms with Crippen LogP contribution in [0.4, 0.5) is 11.5 Å². The topological polar surface area (TPSA) is 97.2 Å². The Kier molecular flexibility index (Phi) is 4.82. The fourth-order valence-electron chi connectivity index (χ4n) is 3.11. The fraction of sp³-hybridized carbons (Fsp3) is 0.211. The molecule has 28 heavy (non-hydrogen) atoms. The van der Waals surface area contributed by atoms with Crippen molar-refractivity contribution in [3.63, 3.8) is 0 Å². The monoisotopic (exact) mass is 397 g/mol. The van der Waals surface area contributed by atoms with E-state index in [2.05, 4.69) is 15.4 Å². The van der Waals surface area contributed by atoms with Gasteiger partial charge in [-0.1, -0.05) is 6.07 Å². The van der Waals surface area contributed by atoms with Gasteiger partial charge in [-0.25, -0.2) is 8.42 Å². The Balaban J connectivity index is 1.46. The van der Waals surface area contributed by atoms with E-state index in [1.165, 1.54) is 4.31 Å². The first-order chi connectivity index (χ1) is 13.5. The third-order valence-electron chi connectivity index (χ3n) is 4.47. The number of anilines is 2. The second-order valence-electron chi connectivity index (χ2n) is 6.50. The van der Waals surface area contributed by atoms with Gasteiger partial charge in [0.05, 0.1) is 18.0 Å². The van der Waals surface area contributed by atoms with Crippen molar-refractivity contribution in [1.82, 2.24) is 14.8 Å². The molecule has 4 rings (SSSR count). The molecule has 3 heterocycles. The van der Waals surface area contributed by atoms with Crippen LogP contribution in [0.25, 0.3) is 0 Å². The maximum absolute atomic E-state index is 12.6. The Morgan fingerprint density at radius 1 is 1.14 bits per heavy atom. The van der Waals surface area contributed by atoms with Gasteiger partial charge in [0.2, 0.25) is 10.0 Å². The molecule has 0 atom stereocenters. The lowest BCUT2D eigenvalue weighted by Crippen LogP contribution is -2.25. The molecule has 0 radical (unpaired) electrons. The van der Waals surface area contributed by atoms with Gasteiger partial charge in [-0.2, -0.15) is 5.10 Å². The third kappa shape index (κ3) is 3.89. The molecular formula is C19H19N5O3S. The highest BCUT2D eigenvalue weighted by Crippen LogP contribution is 2.25. The minimum atomic E-state index is -3.29. The molecule has 144 valence electrons. The molecule has 2 aromatic heterocycles. The summed E-state index contributed by atoms with van der Waals surface area (Å²) in [7, 11) is -3.29. The van der Waals surface area contributed by atoms with Gasteiger partial charge in [0.25, 0.3) is 5.91 Å². The average molecular weight is 397 g/mol. The quantitative estimate of drug-likeness (QED) is 0.711. The number of amides is 1. The Morgan fingerprint density at radius 3 is 2.71 bits per heavy atom. The first-order valence-corrected chi connectivity index (χ1v) is 10.5. The van der Waals surface area contributed by atoms with Crippen LogP contribution in [-0.4, -0.2) is 41.4 Å². The number of nitrogens with one attached hydrogen (secondary N) is 1. The van der Waals surface area contributed by atoms with Crippen molar-refractivity contribution in [3.8, 4) is 0 Å². The second kappa shape index (κ2) is 7.43. The maximum Gasteiger partial charge on any atom is 0.256 e. The third-order valence-corrected chi connectivity index (χ3v) is 6.34. The SMILES string of the molecule is O=C(Nc1ccn(Cc2ccncc2)n1)c1cccc(N2CCCS2(=O)=O)c1. The summed E-state index contributed by atoms with van der Waals surface area (Å²) >= 11 is 0. The number of hydrogen-bond donors (Lipinski definition) is 1. The summed E-state index contributed by atoms with van der Waals surface area (Å²) in [4.78, 5) is 16.6. The van der Waals surface area contributed by atoms with Crippen LogP contribution in [0.2, 0.25) is 0 Å². The van der Waals surface area contributed by atoms with Crippen LogP contribution < -0.4 is 9.62 Å². The summed E-state index contributed by atoms with van der Waals surface area (Å²) in [6.45, 7) is 1.01. The molecule has 0 aliphatic carbocycles. The van der Waals surface area contributed by atoms with Crippen molar-refractivity contribution < 1.29 is 13.2 Å². The van der Waals surface area contributed by atoms with E-state index in [-0.39, 0.29) is 11.7 Å². The zero-order valence-corrected chi connectivity index (χ0v) is 15.8. The van der Waals surface area contributed by atoms with Crippen LogP contribution >= 0.6 is 0 Å². The molecule has 3 aromatic rings. The first-order valence-electron chi connectivity index (χ1n) is 8.85. The summed E-state index contributed by atoms with van der Waals surface area (Å²) in [5.41, 5.74) is 1.94. The molecule has 0 spiro atoms. The zero-order chi connectivity index (χ0) is 19.6. The van der Waals surface area contributed by atoms with Crippen LogP contribution in [0.3, 0.4) is 0 Å². The van der Waals surface area contributed by atoms with E-state index in [0.717, 1.165) is 5.56 Å². The van der Waals surface area contributed by atoms with Crippen molar-refractivity contribution in [2.75, 3.05) is 21.9 Å². The Hall–Kier alpha value is -3.20. The maximum atomic E-state index is 12.6. The van der Waals surface area contributed by atoms with Crippen LogP contribution in [0.5, 0.6) is 0 Å². The zero-order valence-electron chi connectivity index (χ0n) is 15.0. The first kappa shape index (κ1) is 18.2. The van der Waals surface area contributed by atoms with Crippen LogP contribution in [0, 0.1) is 0 Å².